The zero-order chi connectivity index (χ0) is 38.3. The standard InChI is InChI=1S/C34H49F3N8O6S/c1-32(2,3)51-31(50)38-17-9-8-10-23(39-28(47)21-13-15-22(16-14-21)33(42-43-33)34(35,36)37)29(48)45(5)19-18-44(4)26(46)12-7-6-11-25-27-24(20-52-25)40-30(49)41-27/h13-16,23-25,27H,6-12,17-20H2,1-5H3,(H,38,50)(H,39,47)(H2,40,41,49)/t23-,24+,25+,27+/m0/s1. The zero-order valence-corrected chi connectivity index (χ0v) is 31.0. The Bertz CT molecular complexity index is 1480. The third kappa shape index (κ3) is 11.0. The van der Waals surface area contributed by atoms with Crippen LogP contribution in [0.1, 0.15) is 81.6 Å². The van der Waals surface area contributed by atoms with Crippen LogP contribution in [-0.2, 0) is 20.0 Å². The minimum Gasteiger partial charge on any atom is -0.444 e. The lowest BCUT2D eigenvalue weighted by Gasteiger charge is -2.27. The van der Waals surface area contributed by atoms with Gasteiger partial charge in [0.25, 0.3) is 5.91 Å². The van der Waals surface area contributed by atoms with Crippen LogP contribution >= 0.6 is 11.8 Å². The Morgan fingerprint density at radius 2 is 1.67 bits per heavy atom. The van der Waals surface area contributed by atoms with E-state index in [1.807, 2.05) is 11.8 Å². The highest BCUT2D eigenvalue weighted by Gasteiger charge is 2.65. The largest absolute Gasteiger partial charge is 0.444 e. The van der Waals surface area contributed by atoms with Crippen LogP contribution in [0.15, 0.2) is 34.5 Å². The minimum atomic E-state index is -4.71. The number of rotatable bonds is 17. The summed E-state index contributed by atoms with van der Waals surface area (Å²) in [6.07, 6.45) is -1.34. The number of nitrogens with zero attached hydrogens (tertiary/aromatic N) is 4. The van der Waals surface area contributed by atoms with Crippen LogP contribution < -0.4 is 21.3 Å². The number of carbonyl (C=O) groups is 5. The summed E-state index contributed by atoms with van der Waals surface area (Å²) in [7, 11) is 3.24. The molecule has 6 amide bonds. The Labute approximate surface area is 305 Å². The highest BCUT2D eigenvalue weighted by Crippen LogP contribution is 2.52. The summed E-state index contributed by atoms with van der Waals surface area (Å²) in [5.74, 6) is -0.233. The SMILES string of the molecule is CN(CCN(C)C(=O)[C@H](CCCCNC(=O)OC(C)(C)C)NC(=O)c1ccc(C2(C(F)(F)F)N=N2)cc1)C(=O)CCCC[C@H]1SC[C@H]2NC(=O)N[C@H]21. The first-order chi connectivity index (χ1) is 24.4. The van der Waals surface area contributed by atoms with Gasteiger partial charge >= 0.3 is 24.0 Å². The summed E-state index contributed by atoms with van der Waals surface area (Å²) in [6, 6.07) is 3.90. The number of hydrogen-bond acceptors (Lipinski definition) is 9. The van der Waals surface area contributed by atoms with Gasteiger partial charge in [-0.2, -0.15) is 24.9 Å². The molecule has 18 heteroatoms. The second-order valence-corrected chi connectivity index (χ2v) is 15.6. The lowest BCUT2D eigenvalue weighted by atomic mass is 10.0. The molecular formula is C34H49F3N8O6S. The molecule has 4 N–H and O–H groups in total. The second kappa shape index (κ2) is 17.2. The number of thioether (sulfide) groups is 1. The third-order valence-electron chi connectivity index (χ3n) is 9.08. The summed E-state index contributed by atoms with van der Waals surface area (Å²) in [6.45, 7) is 5.98. The van der Waals surface area contributed by atoms with Crippen LogP contribution in [0.3, 0.4) is 0 Å². The molecule has 4 rings (SSSR count). The lowest BCUT2D eigenvalue weighted by Crippen LogP contribution is -2.49. The van der Waals surface area contributed by atoms with Gasteiger partial charge in [-0.1, -0.05) is 18.6 Å². The molecule has 14 nitrogen and oxygen atoms in total. The number of hydrogen-bond donors (Lipinski definition) is 4. The van der Waals surface area contributed by atoms with Gasteiger partial charge in [0, 0.05) is 62.3 Å². The van der Waals surface area contributed by atoms with Gasteiger partial charge in [-0.3, -0.25) is 14.4 Å². The summed E-state index contributed by atoms with van der Waals surface area (Å²) in [5, 5.41) is 17.9. The molecule has 288 valence electrons. The maximum Gasteiger partial charge on any atom is 0.442 e. The van der Waals surface area contributed by atoms with Crippen LogP contribution in [0.25, 0.3) is 0 Å². The van der Waals surface area contributed by atoms with E-state index in [9.17, 15) is 37.1 Å². The number of urea groups is 1. The molecule has 0 radical (unpaired) electrons. The van der Waals surface area contributed by atoms with Crippen LogP contribution in [0, 0.1) is 0 Å². The summed E-state index contributed by atoms with van der Waals surface area (Å²) in [4.78, 5) is 66.2. The van der Waals surface area contributed by atoms with E-state index in [0.717, 1.165) is 30.7 Å². The van der Waals surface area contributed by atoms with Crippen LogP contribution in [0.5, 0.6) is 0 Å². The van der Waals surface area contributed by atoms with E-state index >= 15 is 0 Å². The Morgan fingerprint density at radius 1 is 1.00 bits per heavy atom. The fourth-order valence-corrected chi connectivity index (χ4v) is 7.57. The molecule has 2 saturated heterocycles. The van der Waals surface area contributed by atoms with Crippen LogP contribution in [0.4, 0.5) is 22.8 Å². The Hall–Kier alpha value is -4.09. The summed E-state index contributed by atoms with van der Waals surface area (Å²) >= 11 is 1.83. The number of nitrogens with one attached hydrogen (secondary N) is 4. The maximum absolute atomic E-state index is 13.6. The first kappa shape index (κ1) is 40.7. The van der Waals surface area contributed by atoms with Gasteiger partial charge in [0.2, 0.25) is 11.8 Å². The number of halogens is 3. The molecule has 0 aliphatic carbocycles. The molecule has 4 atom stereocenters. The number of amides is 6. The van der Waals surface area contributed by atoms with Crippen molar-refractivity contribution in [3.63, 3.8) is 0 Å². The number of alkyl carbamates (subject to hydrolysis) is 1. The number of carbonyl (C=O) groups excluding carboxylic acids is 5. The van der Waals surface area contributed by atoms with E-state index in [4.69, 9.17) is 4.74 Å². The van der Waals surface area contributed by atoms with Crippen molar-refractivity contribution in [2.24, 2.45) is 10.2 Å². The maximum atomic E-state index is 13.6. The van der Waals surface area contributed by atoms with Crippen molar-refractivity contribution >= 4 is 41.6 Å². The number of unbranched alkanes of at least 4 members (excludes halogenated alkanes) is 2. The Morgan fingerprint density at radius 3 is 2.31 bits per heavy atom. The van der Waals surface area contributed by atoms with Gasteiger partial charge in [-0.05, 0) is 65.0 Å². The molecule has 1 aromatic rings. The van der Waals surface area contributed by atoms with E-state index in [1.165, 1.54) is 17.0 Å². The van der Waals surface area contributed by atoms with Crippen molar-refractivity contribution in [1.82, 2.24) is 31.1 Å². The molecule has 1 aromatic carbocycles. The topological polar surface area (TPSA) is 174 Å². The van der Waals surface area contributed by atoms with E-state index in [0.29, 0.717) is 30.9 Å². The average molecular weight is 755 g/mol. The van der Waals surface area contributed by atoms with Crippen molar-refractivity contribution in [2.75, 3.05) is 39.5 Å². The van der Waals surface area contributed by atoms with Gasteiger partial charge in [0.15, 0.2) is 0 Å². The Balaban J connectivity index is 1.26. The van der Waals surface area contributed by atoms with E-state index < -0.39 is 41.4 Å². The molecule has 0 spiro atoms. The first-order valence-electron chi connectivity index (χ1n) is 17.5. The molecule has 52 heavy (non-hydrogen) atoms. The van der Waals surface area contributed by atoms with Gasteiger partial charge < -0.3 is 35.8 Å². The minimum absolute atomic E-state index is 0.0510. The lowest BCUT2D eigenvalue weighted by molar-refractivity contribution is -0.166. The number of alkyl halides is 3. The predicted molar refractivity (Wildman–Crippen MR) is 188 cm³/mol. The number of fused-ring (bicyclic) bond motifs is 1. The number of likely N-dealkylation sites (N-methyl/N-ethyl adjacent to an activating group) is 2. The van der Waals surface area contributed by atoms with Crippen molar-refractivity contribution in [2.45, 2.75) is 107 Å². The molecule has 0 saturated carbocycles. The van der Waals surface area contributed by atoms with Crippen LogP contribution in [0.2, 0.25) is 0 Å². The molecule has 3 aliphatic heterocycles. The normalized spacial score (nSPS) is 20.6. The average Bonchev–Trinajstić information content (AvgIpc) is 3.71. The fraction of sp³-hybridized carbons (Fsp3) is 0.676. The highest BCUT2D eigenvalue weighted by molar-refractivity contribution is 8.00. The van der Waals surface area contributed by atoms with Crippen molar-refractivity contribution in [1.29, 1.82) is 0 Å². The van der Waals surface area contributed by atoms with Crippen LogP contribution in [-0.4, -0.2) is 114 Å². The van der Waals surface area contributed by atoms with Gasteiger partial charge in [-0.15, -0.1) is 10.2 Å². The fourth-order valence-electron chi connectivity index (χ4n) is 6.03. The van der Waals surface area contributed by atoms with Crippen molar-refractivity contribution < 1.29 is 41.9 Å². The van der Waals surface area contributed by atoms with E-state index in [-0.39, 0.29) is 61.2 Å². The number of benzene rings is 1. The molecule has 3 aliphatic rings. The van der Waals surface area contributed by atoms with Gasteiger partial charge in [-0.25, -0.2) is 9.59 Å². The van der Waals surface area contributed by atoms with Crippen molar-refractivity contribution in [3.05, 3.63) is 35.4 Å². The van der Waals surface area contributed by atoms with E-state index in [1.54, 1.807) is 39.8 Å². The molecular weight excluding hydrogens is 705 g/mol. The Kier molecular flexibility index (Phi) is 13.4. The van der Waals surface area contributed by atoms with E-state index in [2.05, 4.69) is 31.5 Å². The highest BCUT2D eigenvalue weighted by atomic mass is 32.2. The molecule has 0 bridgehead atoms. The predicted octanol–water partition coefficient (Wildman–Crippen LogP) is 4.30. The molecule has 3 heterocycles. The third-order valence-corrected chi connectivity index (χ3v) is 10.6. The first-order valence-corrected chi connectivity index (χ1v) is 18.5. The summed E-state index contributed by atoms with van der Waals surface area (Å²) in [5.41, 5.74) is -3.44. The second-order valence-electron chi connectivity index (χ2n) is 14.3. The van der Waals surface area contributed by atoms with Gasteiger partial charge in [0.1, 0.15) is 11.6 Å². The zero-order valence-electron chi connectivity index (χ0n) is 30.2. The smallest absolute Gasteiger partial charge is 0.442 e. The number of ether oxygens (including phenoxy) is 1. The quantitative estimate of drug-likeness (QED) is 0.136. The molecule has 0 aromatic heterocycles. The molecule has 0 unspecified atom stereocenters. The van der Waals surface area contributed by atoms with Gasteiger partial charge in [0.05, 0.1) is 12.1 Å². The van der Waals surface area contributed by atoms with Crippen molar-refractivity contribution in [3.8, 4) is 0 Å². The molecule has 2 fully saturated rings. The monoisotopic (exact) mass is 754 g/mol. The summed E-state index contributed by atoms with van der Waals surface area (Å²) < 4.78 is 45.5.